The van der Waals surface area contributed by atoms with E-state index in [1.807, 2.05) is 30.3 Å². The SMILES string of the molecule is CC(C)(C)OC(=O)N(C(=O)O)c1nc(N(C(=O)O)C(=O)OC(C)(C)C)c(C(C)(C)C)c(OCc2ccccc2)c1C(C)(C)C. The van der Waals surface area contributed by atoms with E-state index in [9.17, 15) is 29.4 Å². The highest BCUT2D eigenvalue weighted by Gasteiger charge is 2.43. The van der Waals surface area contributed by atoms with Crippen molar-refractivity contribution in [2.75, 3.05) is 9.80 Å². The van der Waals surface area contributed by atoms with Gasteiger partial charge in [0, 0.05) is 11.1 Å². The lowest BCUT2D eigenvalue weighted by molar-refractivity contribution is 0.0569. The molecule has 0 aliphatic rings. The van der Waals surface area contributed by atoms with Crippen molar-refractivity contribution < 1.29 is 43.6 Å². The van der Waals surface area contributed by atoms with Crippen molar-refractivity contribution in [3.05, 3.63) is 47.0 Å². The Morgan fingerprint density at radius 3 is 1.32 bits per heavy atom. The molecule has 0 saturated heterocycles. The van der Waals surface area contributed by atoms with Crippen molar-refractivity contribution in [2.24, 2.45) is 0 Å². The molecule has 44 heavy (non-hydrogen) atoms. The number of benzene rings is 1. The number of anilines is 2. The van der Waals surface area contributed by atoms with Crippen LogP contribution in [0, 0.1) is 0 Å². The molecule has 0 spiro atoms. The van der Waals surface area contributed by atoms with Crippen LogP contribution in [-0.4, -0.2) is 50.8 Å². The summed E-state index contributed by atoms with van der Waals surface area (Å²) in [5.74, 6) is -0.876. The summed E-state index contributed by atoms with van der Waals surface area (Å²) >= 11 is 0. The van der Waals surface area contributed by atoms with E-state index in [1.165, 1.54) is 0 Å². The Morgan fingerprint density at radius 2 is 1.02 bits per heavy atom. The Morgan fingerprint density at radius 1 is 0.659 bits per heavy atom. The molecule has 0 aliphatic heterocycles. The van der Waals surface area contributed by atoms with Gasteiger partial charge in [-0.3, -0.25) is 0 Å². The molecule has 0 aliphatic carbocycles. The second kappa shape index (κ2) is 12.7. The summed E-state index contributed by atoms with van der Waals surface area (Å²) in [7, 11) is 0. The van der Waals surface area contributed by atoms with Gasteiger partial charge >= 0.3 is 24.4 Å². The molecule has 1 aromatic heterocycles. The molecular formula is C32H45N3O9. The molecule has 4 amide bonds. The second-order valence-corrected chi connectivity index (χ2v) is 14.3. The van der Waals surface area contributed by atoms with Crippen molar-refractivity contribution >= 4 is 36.0 Å². The van der Waals surface area contributed by atoms with E-state index >= 15 is 0 Å². The number of pyridine rings is 1. The number of imide groups is 2. The van der Waals surface area contributed by atoms with E-state index < -0.39 is 58.0 Å². The summed E-state index contributed by atoms with van der Waals surface area (Å²) < 4.78 is 17.3. The fourth-order valence-electron chi connectivity index (χ4n) is 4.22. The van der Waals surface area contributed by atoms with E-state index in [1.54, 1.807) is 83.1 Å². The molecule has 0 saturated carbocycles. The lowest BCUT2D eigenvalue weighted by atomic mass is 9.79. The summed E-state index contributed by atoms with van der Waals surface area (Å²) in [5, 5.41) is 20.7. The average molecular weight is 616 g/mol. The lowest BCUT2D eigenvalue weighted by Gasteiger charge is -2.36. The number of hydrogen-bond donors (Lipinski definition) is 2. The predicted octanol–water partition coefficient (Wildman–Crippen LogP) is 8.09. The Bertz CT molecular complexity index is 1310. The van der Waals surface area contributed by atoms with Gasteiger partial charge in [0.2, 0.25) is 0 Å². The number of aromatic nitrogens is 1. The van der Waals surface area contributed by atoms with Crippen molar-refractivity contribution in [1.82, 2.24) is 4.98 Å². The number of carbonyl (C=O) groups is 4. The van der Waals surface area contributed by atoms with Crippen molar-refractivity contribution in [1.29, 1.82) is 0 Å². The predicted molar refractivity (Wildman–Crippen MR) is 166 cm³/mol. The van der Waals surface area contributed by atoms with Gasteiger partial charge in [0.25, 0.3) is 0 Å². The minimum absolute atomic E-state index is 0.00505. The van der Waals surface area contributed by atoms with Crippen LogP contribution in [0.4, 0.5) is 30.8 Å². The standard InChI is InChI=1S/C32H45N3O9/c1-29(2,3)20-22(42-18-19-16-14-13-15-17-19)21(30(4,5)6)24(35(26(38)39)28(41)44-32(10,11)12)33-23(20)34(25(36)37)27(40)43-31(7,8)9/h13-17H,18H2,1-12H3,(H,36,37)(H,38,39). The topological polar surface area (TPSA) is 156 Å². The van der Waals surface area contributed by atoms with Crippen LogP contribution in [0.2, 0.25) is 0 Å². The first-order valence-electron chi connectivity index (χ1n) is 14.1. The largest absolute Gasteiger partial charge is 0.488 e. The summed E-state index contributed by atoms with van der Waals surface area (Å²) in [5.41, 5.74) is -2.90. The van der Waals surface area contributed by atoms with Crippen LogP contribution in [0.3, 0.4) is 0 Å². The maximum Gasteiger partial charge on any atom is 0.425 e. The van der Waals surface area contributed by atoms with E-state index in [0.717, 1.165) is 5.56 Å². The van der Waals surface area contributed by atoms with E-state index in [0.29, 0.717) is 9.80 Å². The van der Waals surface area contributed by atoms with Crippen LogP contribution >= 0.6 is 0 Å². The molecule has 1 heterocycles. The van der Waals surface area contributed by atoms with E-state index in [-0.39, 0.29) is 23.5 Å². The minimum atomic E-state index is -1.74. The number of rotatable bonds is 5. The maximum absolute atomic E-state index is 13.4. The fraction of sp³-hybridized carbons (Fsp3) is 0.531. The van der Waals surface area contributed by atoms with Crippen LogP contribution in [0.15, 0.2) is 30.3 Å². The Kier molecular flexibility index (Phi) is 10.4. The minimum Gasteiger partial charge on any atom is -0.488 e. The van der Waals surface area contributed by atoms with Crippen molar-refractivity contribution in [3.8, 4) is 5.75 Å². The number of carboxylic acid groups (broad SMARTS) is 2. The van der Waals surface area contributed by atoms with Gasteiger partial charge in [0.15, 0.2) is 11.6 Å². The van der Waals surface area contributed by atoms with Crippen LogP contribution < -0.4 is 14.5 Å². The van der Waals surface area contributed by atoms with Crippen molar-refractivity contribution in [2.45, 2.75) is 112 Å². The molecular weight excluding hydrogens is 570 g/mol. The Hall–Kier alpha value is -4.35. The van der Waals surface area contributed by atoms with Crippen LogP contribution in [0.25, 0.3) is 0 Å². The number of amides is 4. The highest BCUT2D eigenvalue weighted by molar-refractivity contribution is 6.11. The lowest BCUT2D eigenvalue weighted by Crippen LogP contribution is -2.44. The second-order valence-electron chi connectivity index (χ2n) is 14.3. The van der Waals surface area contributed by atoms with Crippen LogP contribution in [-0.2, 0) is 26.9 Å². The Labute approximate surface area is 258 Å². The summed E-state index contributed by atoms with van der Waals surface area (Å²) in [4.78, 5) is 57.4. The van der Waals surface area contributed by atoms with Gasteiger partial charge in [-0.1, -0.05) is 71.9 Å². The van der Waals surface area contributed by atoms with E-state index in [4.69, 9.17) is 14.2 Å². The maximum atomic E-state index is 13.4. The van der Waals surface area contributed by atoms with Gasteiger partial charge < -0.3 is 24.4 Å². The first-order chi connectivity index (χ1) is 19.8. The molecule has 12 nitrogen and oxygen atoms in total. The third-order valence-corrected chi connectivity index (χ3v) is 5.80. The summed E-state index contributed by atoms with van der Waals surface area (Å²) in [6.07, 6.45) is -6.02. The van der Waals surface area contributed by atoms with Gasteiger partial charge in [-0.15, -0.1) is 0 Å². The highest BCUT2D eigenvalue weighted by atomic mass is 16.6. The molecule has 2 rings (SSSR count). The fourth-order valence-corrected chi connectivity index (χ4v) is 4.22. The van der Waals surface area contributed by atoms with Gasteiger partial charge in [-0.25, -0.2) is 24.2 Å². The average Bonchev–Trinajstić information content (AvgIpc) is 2.78. The van der Waals surface area contributed by atoms with Gasteiger partial charge in [-0.05, 0) is 57.9 Å². The van der Waals surface area contributed by atoms with Gasteiger partial charge in [-0.2, -0.15) is 9.80 Å². The number of ether oxygens (including phenoxy) is 3. The normalized spacial score (nSPS) is 12.3. The number of nitrogens with zero attached hydrogens (tertiary/aromatic N) is 3. The molecule has 12 heteroatoms. The third-order valence-electron chi connectivity index (χ3n) is 5.80. The van der Waals surface area contributed by atoms with Gasteiger partial charge in [0.1, 0.15) is 23.6 Å². The molecule has 2 N–H and O–H groups in total. The number of carbonyl (C=O) groups excluding carboxylic acids is 2. The zero-order valence-electron chi connectivity index (χ0n) is 27.7. The first-order valence-corrected chi connectivity index (χ1v) is 14.1. The molecule has 0 bridgehead atoms. The highest BCUT2D eigenvalue weighted by Crippen LogP contribution is 2.49. The van der Waals surface area contributed by atoms with Gasteiger partial charge in [0.05, 0.1) is 0 Å². The Balaban J connectivity index is 3.19. The van der Waals surface area contributed by atoms with Crippen LogP contribution in [0.1, 0.15) is 99.8 Å². The molecule has 1 aromatic carbocycles. The third kappa shape index (κ3) is 9.08. The van der Waals surface area contributed by atoms with Crippen LogP contribution in [0.5, 0.6) is 5.75 Å². The molecule has 0 atom stereocenters. The smallest absolute Gasteiger partial charge is 0.425 e. The zero-order chi connectivity index (χ0) is 34.0. The molecule has 0 fully saturated rings. The monoisotopic (exact) mass is 615 g/mol. The quantitative estimate of drug-likeness (QED) is 0.337. The number of hydrogen-bond acceptors (Lipinski definition) is 8. The first kappa shape index (κ1) is 35.8. The van der Waals surface area contributed by atoms with E-state index in [2.05, 4.69) is 4.98 Å². The zero-order valence-corrected chi connectivity index (χ0v) is 27.7. The molecule has 0 unspecified atom stereocenters. The molecule has 0 radical (unpaired) electrons. The molecule has 2 aromatic rings. The molecule has 242 valence electrons. The summed E-state index contributed by atoms with van der Waals surface area (Å²) in [6, 6.07) is 9.13. The summed E-state index contributed by atoms with van der Waals surface area (Å²) in [6.45, 7) is 20.0. The van der Waals surface area contributed by atoms with Crippen molar-refractivity contribution in [3.63, 3.8) is 0 Å².